The first-order valence-electron chi connectivity index (χ1n) is 6.26. The molecule has 0 aromatic carbocycles. The average molecular weight is 268 g/mol. The maximum Gasteiger partial charge on any atom is 0.150 e. The third-order valence-corrected chi connectivity index (χ3v) is 3.38. The van der Waals surface area contributed by atoms with Crippen LogP contribution in [0.2, 0.25) is 0 Å². The zero-order chi connectivity index (χ0) is 13.7. The van der Waals surface area contributed by atoms with E-state index in [9.17, 15) is 9.50 Å². The molecule has 0 bridgehead atoms. The number of hydrogen-bond donors (Lipinski definition) is 2. The first-order chi connectivity index (χ1) is 9.13. The highest BCUT2D eigenvalue weighted by atomic mass is 19.1. The van der Waals surface area contributed by atoms with Crippen molar-refractivity contribution in [3.05, 3.63) is 29.3 Å². The molecule has 0 aliphatic carbocycles. The Balaban J connectivity index is 2.01. The smallest absolute Gasteiger partial charge is 0.150 e. The standard InChI is InChI=1S/C13H17FN2O3/c14-11-2-1-10(16-12(11)9-15-18)3-4-13(17)5-7-19-8-6-13/h1-2,9,17-18H,3-8H2. The monoisotopic (exact) mass is 268 g/mol. The van der Waals surface area contributed by atoms with Crippen LogP contribution in [0.3, 0.4) is 0 Å². The summed E-state index contributed by atoms with van der Waals surface area (Å²) in [4.78, 5) is 4.05. The lowest BCUT2D eigenvalue weighted by molar-refractivity contribution is -0.0677. The van der Waals surface area contributed by atoms with E-state index < -0.39 is 11.4 Å². The van der Waals surface area contributed by atoms with Gasteiger partial charge in [-0.2, -0.15) is 0 Å². The van der Waals surface area contributed by atoms with E-state index in [1.54, 1.807) is 6.07 Å². The van der Waals surface area contributed by atoms with Crippen molar-refractivity contribution in [2.75, 3.05) is 13.2 Å². The van der Waals surface area contributed by atoms with Gasteiger partial charge >= 0.3 is 0 Å². The third kappa shape index (κ3) is 3.71. The third-order valence-electron chi connectivity index (χ3n) is 3.38. The van der Waals surface area contributed by atoms with E-state index in [2.05, 4.69) is 10.1 Å². The van der Waals surface area contributed by atoms with Crippen LogP contribution in [0.1, 0.15) is 30.7 Å². The molecule has 19 heavy (non-hydrogen) atoms. The van der Waals surface area contributed by atoms with Gasteiger partial charge in [0.05, 0.1) is 11.8 Å². The van der Waals surface area contributed by atoms with Crippen LogP contribution in [-0.4, -0.2) is 40.3 Å². The summed E-state index contributed by atoms with van der Waals surface area (Å²) in [6.07, 6.45) is 3.29. The van der Waals surface area contributed by atoms with Crippen molar-refractivity contribution in [1.82, 2.24) is 4.98 Å². The molecule has 1 aromatic rings. The van der Waals surface area contributed by atoms with Crippen molar-refractivity contribution in [2.24, 2.45) is 5.16 Å². The molecule has 0 spiro atoms. The number of oxime groups is 1. The van der Waals surface area contributed by atoms with Crippen molar-refractivity contribution in [2.45, 2.75) is 31.3 Å². The number of ether oxygens (including phenoxy) is 1. The van der Waals surface area contributed by atoms with Crippen LogP contribution in [0.5, 0.6) is 0 Å². The van der Waals surface area contributed by atoms with Gasteiger partial charge in [-0.25, -0.2) is 9.37 Å². The summed E-state index contributed by atoms with van der Waals surface area (Å²) in [5.41, 5.74) is -0.0605. The first kappa shape index (κ1) is 13.9. The molecule has 2 N–H and O–H groups in total. The molecule has 2 heterocycles. The number of aliphatic hydroxyl groups is 1. The van der Waals surface area contributed by atoms with Gasteiger partial charge in [-0.05, 0) is 37.8 Å². The maximum atomic E-state index is 13.3. The topological polar surface area (TPSA) is 74.9 Å². The molecule has 104 valence electrons. The highest BCUT2D eigenvalue weighted by Gasteiger charge is 2.29. The summed E-state index contributed by atoms with van der Waals surface area (Å²) in [6, 6.07) is 2.86. The van der Waals surface area contributed by atoms with E-state index in [4.69, 9.17) is 9.94 Å². The van der Waals surface area contributed by atoms with Crippen molar-refractivity contribution < 1.29 is 19.4 Å². The highest BCUT2D eigenvalue weighted by Crippen LogP contribution is 2.25. The van der Waals surface area contributed by atoms with Crippen LogP contribution in [0.25, 0.3) is 0 Å². The number of nitrogens with zero attached hydrogens (tertiary/aromatic N) is 2. The lowest BCUT2D eigenvalue weighted by Gasteiger charge is -2.31. The summed E-state index contributed by atoms with van der Waals surface area (Å²) in [6.45, 7) is 1.13. The molecule has 5 nitrogen and oxygen atoms in total. The molecule has 2 rings (SSSR count). The predicted molar refractivity (Wildman–Crippen MR) is 66.9 cm³/mol. The fourth-order valence-corrected chi connectivity index (χ4v) is 2.15. The summed E-state index contributed by atoms with van der Waals surface area (Å²) in [5.74, 6) is -0.536. The summed E-state index contributed by atoms with van der Waals surface area (Å²) >= 11 is 0. The molecule has 1 aromatic heterocycles. The SMILES string of the molecule is ON=Cc1nc(CCC2(O)CCOCC2)ccc1F. The van der Waals surface area contributed by atoms with Crippen LogP contribution < -0.4 is 0 Å². The largest absolute Gasteiger partial charge is 0.411 e. The normalized spacial score (nSPS) is 18.8. The van der Waals surface area contributed by atoms with Gasteiger partial charge in [-0.15, -0.1) is 0 Å². The van der Waals surface area contributed by atoms with Gasteiger partial charge in [0.2, 0.25) is 0 Å². The summed E-state index contributed by atoms with van der Waals surface area (Å²) in [5, 5.41) is 21.5. The Morgan fingerprint density at radius 1 is 1.42 bits per heavy atom. The van der Waals surface area contributed by atoms with E-state index in [0.717, 1.165) is 6.21 Å². The molecular formula is C13H17FN2O3. The fraction of sp³-hybridized carbons (Fsp3) is 0.538. The number of aromatic nitrogens is 1. The Morgan fingerprint density at radius 3 is 2.84 bits per heavy atom. The second-order valence-corrected chi connectivity index (χ2v) is 4.75. The van der Waals surface area contributed by atoms with Gasteiger partial charge in [-0.3, -0.25) is 0 Å². The summed E-state index contributed by atoms with van der Waals surface area (Å²) < 4.78 is 18.5. The van der Waals surface area contributed by atoms with Crippen molar-refractivity contribution in [1.29, 1.82) is 0 Å². The number of hydrogen-bond acceptors (Lipinski definition) is 5. The average Bonchev–Trinajstić information content (AvgIpc) is 2.41. The van der Waals surface area contributed by atoms with Crippen LogP contribution in [0, 0.1) is 5.82 Å². The number of rotatable bonds is 4. The van der Waals surface area contributed by atoms with E-state index in [0.29, 0.717) is 44.6 Å². The highest BCUT2D eigenvalue weighted by molar-refractivity contribution is 5.76. The van der Waals surface area contributed by atoms with Crippen LogP contribution in [0.4, 0.5) is 4.39 Å². The molecule has 1 fully saturated rings. The lowest BCUT2D eigenvalue weighted by Crippen LogP contribution is -2.36. The minimum Gasteiger partial charge on any atom is -0.411 e. The van der Waals surface area contributed by atoms with Gasteiger partial charge in [-0.1, -0.05) is 5.16 Å². The molecule has 0 unspecified atom stereocenters. The number of halogens is 1. The van der Waals surface area contributed by atoms with Gasteiger partial charge in [0, 0.05) is 18.9 Å². The lowest BCUT2D eigenvalue weighted by atomic mass is 9.89. The second kappa shape index (κ2) is 6.08. The van der Waals surface area contributed by atoms with E-state index in [1.807, 2.05) is 0 Å². The molecular weight excluding hydrogens is 251 g/mol. The van der Waals surface area contributed by atoms with Gasteiger partial charge in [0.15, 0.2) is 5.82 Å². The Bertz CT molecular complexity index is 459. The molecule has 0 saturated carbocycles. The Hall–Kier alpha value is -1.53. The Labute approximate surface area is 110 Å². The maximum absolute atomic E-state index is 13.3. The van der Waals surface area contributed by atoms with Crippen LogP contribution in [0.15, 0.2) is 17.3 Å². The van der Waals surface area contributed by atoms with Gasteiger partial charge < -0.3 is 15.1 Å². The van der Waals surface area contributed by atoms with Crippen molar-refractivity contribution in [3.8, 4) is 0 Å². The minimum atomic E-state index is -0.723. The van der Waals surface area contributed by atoms with Crippen molar-refractivity contribution >= 4 is 6.21 Å². The number of aryl methyl sites for hydroxylation is 1. The van der Waals surface area contributed by atoms with Crippen LogP contribution in [-0.2, 0) is 11.2 Å². The molecule has 1 aliphatic rings. The Morgan fingerprint density at radius 2 is 2.16 bits per heavy atom. The summed E-state index contributed by atoms with van der Waals surface area (Å²) in [7, 11) is 0. The van der Waals surface area contributed by atoms with Gasteiger partial charge in [0.25, 0.3) is 0 Å². The number of pyridine rings is 1. The first-order valence-corrected chi connectivity index (χ1v) is 6.26. The molecule has 0 amide bonds. The fourth-order valence-electron chi connectivity index (χ4n) is 2.15. The Kier molecular flexibility index (Phi) is 4.44. The van der Waals surface area contributed by atoms with Gasteiger partial charge in [0.1, 0.15) is 5.69 Å². The molecule has 6 heteroatoms. The second-order valence-electron chi connectivity index (χ2n) is 4.75. The van der Waals surface area contributed by atoms with E-state index in [-0.39, 0.29) is 5.69 Å². The quantitative estimate of drug-likeness (QED) is 0.493. The molecule has 1 saturated heterocycles. The molecule has 0 radical (unpaired) electrons. The molecule has 1 aliphatic heterocycles. The zero-order valence-electron chi connectivity index (χ0n) is 10.5. The molecule has 0 atom stereocenters. The minimum absolute atomic E-state index is 0.000956. The van der Waals surface area contributed by atoms with E-state index >= 15 is 0 Å². The zero-order valence-corrected chi connectivity index (χ0v) is 10.5. The predicted octanol–water partition coefficient (Wildman–Crippen LogP) is 1.50. The van der Waals surface area contributed by atoms with Crippen molar-refractivity contribution in [3.63, 3.8) is 0 Å². The van der Waals surface area contributed by atoms with Crippen LogP contribution >= 0.6 is 0 Å². The van der Waals surface area contributed by atoms with E-state index in [1.165, 1.54) is 6.07 Å².